The van der Waals surface area contributed by atoms with Gasteiger partial charge < -0.3 is 5.32 Å². The number of nitrogens with zero attached hydrogens (tertiary/aromatic N) is 2. The first kappa shape index (κ1) is 20.5. The van der Waals surface area contributed by atoms with Crippen molar-refractivity contribution in [1.82, 2.24) is 19.8 Å². The summed E-state index contributed by atoms with van der Waals surface area (Å²) in [6.07, 6.45) is 1.73. The molecule has 1 amide bonds. The van der Waals surface area contributed by atoms with Gasteiger partial charge in [0.25, 0.3) is 5.91 Å². The van der Waals surface area contributed by atoms with Crippen molar-refractivity contribution < 1.29 is 13.2 Å². The van der Waals surface area contributed by atoms with Crippen molar-refractivity contribution in [3.05, 3.63) is 46.8 Å². The first-order chi connectivity index (χ1) is 13.2. The second-order valence-corrected chi connectivity index (χ2v) is 9.51. The number of nitrogens with one attached hydrogen (secondary N) is 2. The van der Waals surface area contributed by atoms with E-state index in [1.54, 1.807) is 19.1 Å². The largest absolute Gasteiger partial charge is 0.352 e. The Hall–Kier alpha value is -2.19. The zero-order chi connectivity index (χ0) is 20.5. The van der Waals surface area contributed by atoms with Gasteiger partial charge >= 0.3 is 0 Å². The van der Waals surface area contributed by atoms with E-state index in [-0.39, 0.29) is 22.8 Å². The number of aryl methyl sites for hydroxylation is 3. The maximum atomic E-state index is 12.7. The van der Waals surface area contributed by atoms with E-state index in [0.717, 1.165) is 29.8 Å². The van der Waals surface area contributed by atoms with Crippen molar-refractivity contribution in [2.45, 2.75) is 58.0 Å². The molecule has 2 aromatic rings. The summed E-state index contributed by atoms with van der Waals surface area (Å²) >= 11 is 0. The van der Waals surface area contributed by atoms with Crippen molar-refractivity contribution >= 4 is 15.9 Å². The van der Waals surface area contributed by atoms with Gasteiger partial charge in [0, 0.05) is 30.4 Å². The van der Waals surface area contributed by atoms with Gasteiger partial charge in [0.05, 0.1) is 10.6 Å². The molecule has 3 rings (SSSR count). The highest BCUT2D eigenvalue weighted by Gasteiger charge is 2.28. The van der Waals surface area contributed by atoms with Crippen LogP contribution in [-0.2, 0) is 16.6 Å². The molecule has 1 unspecified atom stereocenters. The zero-order valence-corrected chi connectivity index (χ0v) is 17.6. The number of amides is 1. The van der Waals surface area contributed by atoms with Crippen LogP contribution in [0.3, 0.4) is 0 Å². The monoisotopic (exact) mass is 404 g/mol. The number of rotatable bonds is 8. The molecule has 0 radical (unpaired) electrons. The van der Waals surface area contributed by atoms with E-state index in [0.29, 0.717) is 18.7 Å². The van der Waals surface area contributed by atoms with Crippen LogP contribution in [0.5, 0.6) is 0 Å². The summed E-state index contributed by atoms with van der Waals surface area (Å²) in [6, 6.07) is 6.73. The number of benzene rings is 1. The van der Waals surface area contributed by atoms with Crippen LogP contribution in [0.4, 0.5) is 0 Å². The number of hydrogen-bond donors (Lipinski definition) is 2. The second-order valence-electron chi connectivity index (χ2n) is 7.80. The molecule has 152 valence electrons. The fourth-order valence-corrected chi connectivity index (χ4v) is 4.41. The maximum absolute atomic E-state index is 12.7. The summed E-state index contributed by atoms with van der Waals surface area (Å²) in [4.78, 5) is 12.8. The molecule has 0 aliphatic heterocycles. The molecule has 0 spiro atoms. The molecule has 8 heteroatoms. The van der Waals surface area contributed by atoms with Gasteiger partial charge in [0.1, 0.15) is 0 Å². The SMILES string of the molecule is Cc1cc(C)n(CC(C)CNC(=O)c2cc(S(=O)(=O)NC3CC3)ccc2C)n1. The molecule has 2 N–H and O–H groups in total. The lowest BCUT2D eigenvalue weighted by molar-refractivity contribution is 0.0945. The Morgan fingerprint density at radius 2 is 1.96 bits per heavy atom. The summed E-state index contributed by atoms with van der Waals surface area (Å²) in [5.41, 5.74) is 3.20. The Bertz CT molecular complexity index is 977. The van der Waals surface area contributed by atoms with E-state index in [9.17, 15) is 13.2 Å². The molecule has 1 aromatic heterocycles. The van der Waals surface area contributed by atoms with Crippen molar-refractivity contribution in [1.29, 1.82) is 0 Å². The fourth-order valence-electron chi connectivity index (χ4n) is 3.08. The number of carbonyl (C=O) groups excluding carboxylic acids is 1. The molecule has 1 aliphatic carbocycles. The van der Waals surface area contributed by atoms with E-state index in [4.69, 9.17) is 0 Å². The Kier molecular flexibility index (Phi) is 5.90. The van der Waals surface area contributed by atoms with Crippen LogP contribution in [0.1, 0.15) is 47.1 Å². The highest BCUT2D eigenvalue weighted by molar-refractivity contribution is 7.89. The molecular formula is C20H28N4O3S. The Labute approximate surface area is 166 Å². The third-order valence-electron chi connectivity index (χ3n) is 4.86. The number of aromatic nitrogens is 2. The molecule has 28 heavy (non-hydrogen) atoms. The standard InChI is InChI=1S/C20H28N4O3S/c1-13(12-24-16(4)9-15(3)22-24)11-21-20(25)19-10-18(8-5-14(19)2)28(26,27)23-17-6-7-17/h5,8-10,13,17,23H,6-7,11-12H2,1-4H3,(H,21,25). The summed E-state index contributed by atoms with van der Waals surface area (Å²) in [5, 5.41) is 7.37. The van der Waals surface area contributed by atoms with Gasteiger partial charge in [-0.2, -0.15) is 5.10 Å². The summed E-state index contributed by atoms with van der Waals surface area (Å²) in [6.45, 7) is 9.00. The Morgan fingerprint density at radius 1 is 1.25 bits per heavy atom. The number of hydrogen-bond acceptors (Lipinski definition) is 4. The third-order valence-corrected chi connectivity index (χ3v) is 6.38. The van der Waals surface area contributed by atoms with Gasteiger partial charge in [-0.15, -0.1) is 0 Å². The normalized spacial score (nSPS) is 15.4. The molecule has 1 atom stereocenters. The van der Waals surface area contributed by atoms with E-state index >= 15 is 0 Å². The average Bonchev–Trinajstić information content (AvgIpc) is 3.36. The minimum Gasteiger partial charge on any atom is -0.352 e. The molecule has 0 bridgehead atoms. The van der Waals surface area contributed by atoms with Gasteiger partial charge in [-0.05, 0) is 63.3 Å². The van der Waals surface area contributed by atoms with Crippen LogP contribution in [0.25, 0.3) is 0 Å². The molecular weight excluding hydrogens is 376 g/mol. The lowest BCUT2D eigenvalue weighted by Gasteiger charge is -2.15. The van der Waals surface area contributed by atoms with Crippen LogP contribution < -0.4 is 10.0 Å². The van der Waals surface area contributed by atoms with Crippen LogP contribution in [0.2, 0.25) is 0 Å². The van der Waals surface area contributed by atoms with Crippen LogP contribution >= 0.6 is 0 Å². The molecule has 7 nitrogen and oxygen atoms in total. The van der Waals surface area contributed by atoms with E-state index in [1.165, 1.54) is 6.07 Å². The predicted octanol–water partition coefficient (Wildman–Crippen LogP) is 2.32. The molecule has 0 saturated heterocycles. The van der Waals surface area contributed by atoms with Crippen molar-refractivity contribution in [3.8, 4) is 0 Å². The lowest BCUT2D eigenvalue weighted by atomic mass is 10.1. The van der Waals surface area contributed by atoms with E-state index in [1.807, 2.05) is 31.5 Å². The topological polar surface area (TPSA) is 93.1 Å². The summed E-state index contributed by atoms with van der Waals surface area (Å²) < 4.78 is 29.4. The second kappa shape index (κ2) is 8.05. The molecule has 1 aromatic carbocycles. The average molecular weight is 405 g/mol. The first-order valence-corrected chi connectivity index (χ1v) is 11.1. The summed E-state index contributed by atoms with van der Waals surface area (Å²) in [5.74, 6) is -0.0769. The maximum Gasteiger partial charge on any atom is 0.251 e. The first-order valence-electron chi connectivity index (χ1n) is 9.58. The molecule has 1 saturated carbocycles. The molecule has 1 aliphatic rings. The van der Waals surface area contributed by atoms with E-state index in [2.05, 4.69) is 15.1 Å². The van der Waals surface area contributed by atoms with Gasteiger partial charge in [0.2, 0.25) is 10.0 Å². The third kappa shape index (κ3) is 4.99. The minimum absolute atomic E-state index is 0.0267. The van der Waals surface area contributed by atoms with Gasteiger partial charge in [-0.1, -0.05) is 13.0 Å². The fraction of sp³-hybridized carbons (Fsp3) is 0.500. The molecule has 1 heterocycles. The number of sulfonamides is 1. The summed E-state index contributed by atoms with van der Waals surface area (Å²) in [7, 11) is -3.59. The van der Waals surface area contributed by atoms with Crippen molar-refractivity contribution in [2.75, 3.05) is 6.54 Å². The Morgan fingerprint density at radius 3 is 2.57 bits per heavy atom. The lowest BCUT2D eigenvalue weighted by Crippen LogP contribution is -2.31. The number of carbonyl (C=O) groups is 1. The van der Waals surface area contributed by atoms with Gasteiger partial charge in [-0.3, -0.25) is 9.48 Å². The zero-order valence-electron chi connectivity index (χ0n) is 16.8. The highest BCUT2D eigenvalue weighted by Crippen LogP contribution is 2.23. The van der Waals surface area contributed by atoms with Gasteiger partial charge in [0.15, 0.2) is 0 Å². The van der Waals surface area contributed by atoms with Crippen LogP contribution in [-0.4, -0.2) is 36.7 Å². The van der Waals surface area contributed by atoms with Crippen molar-refractivity contribution in [2.24, 2.45) is 5.92 Å². The van der Waals surface area contributed by atoms with Crippen molar-refractivity contribution in [3.63, 3.8) is 0 Å². The van der Waals surface area contributed by atoms with Crippen LogP contribution in [0.15, 0.2) is 29.2 Å². The van der Waals surface area contributed by atoms with Crippen LogP contribution in [0, 0.1) is 26.7 Å². The smallest absolute Gasteiger partial charge is 0.251 e. The predicted molar refractivity (Wildman–Crippen MR) is 108 cm³/mol. The quantitative estimate of drug-likeness (QED) is 0.706. The van der Waals surface area contributed by atoms with E-state index < -0.39 is 10.0 Å². The van der Waals surface area contributed by atoms with Gasteiger partial charge in [-0.25, -0.2) is 13.1 Å². The minimum atomic E-state index is -3.59. The molecule has 1 fully saturated rings. The Balaban J connectivity index is 1.64. The highest BCUT2D eigenvalue weighted by atomic mass is 32.2.